The quantitative estimate of drug-likeness (QED) is 0.340. The molecule has 4 fully saturated rings. The fraction of sp³-hybridized carbons (Fsp3) is 0.742. The number of hydrogen-bond donors (Lipinski definition) is 5. The maximum absolute atomic E-state index is 12.6. The van der Waals surface area contributed by atoms with Gasteiger partial charge in [0.2, 0.25) is 5.91 Å². The summed E-state index contributed by atoms with van der Waals surface area (Å²) in [6.45, 7) is 6.75. The summed E-state index contributed by atoms with van der Waals surface area (Å²) in [5.74, 6) is 0.866. The molecular weight excluding hydrogens is 516 g/mol. The lowest BCUT2D eigenvalue weighted by molar-refractivity contribution is -0.207. The molecule has 216 valence electrons. The number of aliphatic hydroxyl groups excluding tert-OH is 3. The maximum Gasteiger partial charge on any atom is 0.269 e. The van der Waals surface area contributed by atoms with Crippen LogP contribution in [-0.2, 0) is 4.79 Å². The van der Waals surface area contributed by atoms with Gasteiger partial charge in [0.15, 0.2) is 0 Å². The standard InChI is InChI=1S/C31H45ClN2O5/c1-17(4-11-27(38)33-34-29(39)18-5-7-20(32)8-6-18)22-9-10-23-28-24(16-26(37)31(22,23)3)30(2)13-12-21(35)14-19(30)15-25(28)36/h5-8,17,19,21-26,28,35-37H,4,9-16H2,1-3H3,(H,33,38)(H,34,39)/t17-,19+,21-,22-,23+,24+,25-,26+,28+,30+,31-/m1/s1. The second kappa shape index (κ2) is 11.0. The highest BCUT2D eigenvalue weighted by atomic mass is 35.5. The molecule has 4 aliphatic rings. The van der Waals surface area contributed by atoms with Gasteiger partial charge in [-0.15, -0.1) is 0 Å². The van der Waals surface area contributed by atoms with E-state index in [1.807, 2.05) is 0 Å². The van der Waals surface area contributed by atoms with Gasteiger partial charge in [0, 0.05) is 17.0 Å². The van der Waals surface area contributed by atoms with Gasteiger partial charge in [-0.05, 0) is 122 Å². The van der Waals surface area contributed by atoms with Gasteiger partial charge in [0.1, 0.15) is 0 Å². The molecule has 0 spiro atoms. The molecule has 5 N–H and O–H groups in total. The smallest absolute Gasteiger partial charge is 0.269 e. The van der Waals surface area contributed by atoms with Crippen molar-refractivity contribution in [3.8, 4) is 0 Å². The average molecular weight is 561 g/mol. The Kier molecular flexibility index (Phi) is 8.10. The van der Waals surface area contributed by atoms with Gasteiger partial charge >= 0.3 is 0 Å². The van der Waals surface area contributed by atoms with Crippen LogP contribution >= 0.6 is 11.6 Å². The number of nitrogens with one attached hydrogen (secondary N) is 2. The lowest BCUT2D eigenvalue weighted by atomic mass is 9.43. The van der Waals surface area contributed by atoms with Crippen LogP contribution in [0.15, 0.2) is 24.3 Å². The molecule has 0 bridgehead atoms. The molecule has 2 amide bonds. The van der Waals surface area contributed by atoms with Crippen LogP contribution < -0.4 is 10.9 Å². The van der Waals surface area contributed by atoms with Crippen LogP contribution in [0.25, 0.3) is 0 Å². The number of halogens is 1. The van der Waals surface area contributed by atoms with E-state index < -0.39 is 12.0 Å². The highest BCUT2D eigenvalue weighted by molar-refractivity contribution is 6.30. The molecular formula is C31H45ClN2O5. The zero-order valence-corrected chi connectivity index (χ0v) is 24.2. The minimum atomic E-state index is -0.444. The van der Waals surface area contributed by atoms with E-state index in [-0.39, 0.29) is 65.0 Å². The van der Waals surface area contributed by atoms with Gasteiger partial charge in [0.05, 0.1) is 18.3 Å². The predicted molar refractivity (Wildman–Crippen MR) is 149 cm³/mol. The molecule has 7 nitrogen and oxygen atoms in total. The van der Waals surface area contributed by atoms with E-state index in [2.05, 4.69) is 31.6 Å². The third-order valence-corrected chi connectivity index (χ3v) is 12.0. The van der Waals surface area contributed by atoms with Gasteiger partial charge in [-0.2, -0.15) is 0 Å². The van der Waals surface area contributed by atoms with Gasteiger partial charge in [-0.3, -0.25) is 20.4 Å². The number of carbonyl (C=O) groups is 2. The lowest BCUT2D eigenvalue weighted by Gasteiger charge is -2.63. The molecule has 0 aromatic heterocycles. The molecule has 1 aromatic rings. The largest absolute Gasteiger partial charge is 0.393 e. The summed E-state index contributed by atoms with van der Waals surface area (Å²) in [6, 6.07) is 6.46. The Balaban J connectivity index is 1.20. The first kappa shape index (κ1) is 28.8. The van der Waals surface area contributed by atoms with E-state index >= 15 is 0 Å². The summed E-state index contributed by atoms with van der Waals surface area (Å²) in [5, 5.41) is 34.0. The second-order valence-corrected chi connectivity index (χ2v) is 14.0. The lowest BCUT2D eigenvalue weighted by Crippen LogP contribution is -2.62. The number of aliphatic hydroxyl groups is 3. The zero-order chi connectivity index (χ0) is 28.1. The number of hydrogen-bond acceptors (Lipinski definition) is 5. The Morgan fingerprint density at radius 2 is 1.72 bits per heavy atom. The molecule has 4 aliphatic carbocycles. The minimum absolute atomic E-state index is 0.0592. The minimum Gasteiger partial charge on any atom is -0.393 e. The number of carbonyl (C=O) groups excluding carboxylic acids is 2. The van der Waals surface area contributed by atoms with Crippen LogP contribution in [-0.4, -0.2) is 45.4 Å². The Bertz CT molecular complexity index is 1070. The Morgan fingerprint density at radius 3 is 2.44 bits per heavy atom. The van der Waals surface area contributed by atoms with E-state index in [1.165, 1.54) is 0 Å². The summed E-state index contributed by atoms with van der Waals surface area (Å²) >= 11 is 5.87. The second-order valence-electron chi connectivity index (χ2n) is 13.6. The number of rotatable bonds is 5. The fourth-order valence-electron chi connectivity index (χ4n) is 9.55. The van der Waals surface area contributed by atoms with Crippen molar-refractivity contribution < 1.29 is 24.9 Å². The van der Waals surface area contributed by atoms with Crippen LogP contribution in [0.2, 0.25) is 5.02 Å². The van der Waals surface area contributed by atoms with Crippen LogP contribution in [0.5, 0.6) is 0 Å². The van der Waals surface area contributed by atoms with Crippen molar-refractivity contribution in [1.29, 1.82) is 0 Å². The van der Waals surface area contributed by atoms with Crippen LogP contribution in [0.3, 0.4) is 0 Å². The molecule has 5 rings (SSSR count). The fourth-order valence-corrected chi connectivity index (χ4v) is 9.68. The topological polar surface area (TPSA) is 119 Å². The van der Waals surface area contributed by atoms with Crippen LogP contribution in [0, 0.1) is 46.3 Å². The number of fused-ring (bicyclic) bond motifs is 5. The van der Waals surface area contributed by atoms with Crippen molar-refractivity contribution in [2.24, 2.45) is 46.3 Å². The Labute approximate surface area is 237 Å². The van der Waals surface area contributed by atoms with E-state index in [0.29, 0.717) is 29.3 Å². The number of amides is 2. The first-order valence-electron chi connectivity index (χ1n) is 14.8. The van der Waals surface area contributed by atoms with Crippen LogP contribution in [0.4, 0.5) is 0 Å². The average Bonchev–Trinajstić information content (AvgIpc) is 3.26. The summed E-state index contributed by atoms with van der Waals surface area (Å²) in [5.41, 5.74) is 5.17. The summed E-state index contributed by atoms with van der Waals surface area (Å²) in [6.07, 6.45) is 5.82. The maximum atomic E-state index is 12.6. The van der Waals surface area contributed by atoms with Crippen LogP contribution in [0.1, 0.15) is 88.9 Å². The van der Waals surface area contributed by atoms with E-state index in [9.17, 15) is 24.9 Å². The van der Waals surface area contributed by atoms with E-state index in [4.69, 9.17) is 11.6 Å². The Morgan fingerprint density at radius 1 is 1.00 bits per heavy atom. The molecule has 0 saturated heterocycles. The first-order valence-corrected chi connectivity index (χ1v) is 15.2. The SMILES string of the molecule is C[C@H](CCC(=O)NNC(=O)c1ccc(Cl)cc1)[C@H]1CC[C@H]2[C@@H]3[C@H](O)C[C@@H]4C[C@H](O)CC[C@]4(C)[C@H]3C[C@H](O)[C@]12C. The molecule has 0 radical (unpaired) electrons. The van der Waals surface area contributed by atoms with Crippen molar-refractivity contribution in [2.75, 3.05) is 0 Å². The van der Waals surface area contributed by atoms with Crippen molar-refractivity contribution in [1.82, 2.24) is 10.9 Å². The molecule has 0 aliphatic heterocycles. The van der Waals surface area contributed by atoms with Crippen molar-refractivity contribution >= 4 is 23.4 Å². The molecule has 11 atom stereocenters. The van der Waals surface area contributed by atoms with Gasteiger partial charge in [-0.1, -0.05) is 32.4 Å². The third kappa shape index (κ3) is 5.13. The zero-order valence-electron chi connectivity index (χ0n) is 23.4. The van der Waals surface area contributed by atoms with Gasteiger partial charge < -0.3 is 15.3 Å². The highest BCUT2D eigenvalue weighted by Gasteiger charge is 2.65. The summed E-state index contributed by atoms with van der Waals surface area (Å²) < 4.78 is 0. The molecule has 4 saturated carbocycles. The molecule has 39 heavy (non-hydrogen) atoms. The first-order chi connectivity index (χ1) is 18.4. The van der Waals surface area contributed by atoms with Crippen molar-refractivity contribution in [3.05, 3.63) is 34.9 Å². The van der Waals surface area contributed by atoms with Gasteiger partial charge in [0.25, 0.3) is 5.91 Å². The monoisotopic (exact) mass is 560 g/mol. The van der Waals surface area contributed by atoms with Gasteiger partial charge in [-0.25, -0.2) is 0 Å². The third-order valence-electron chi connectivity index (χ3n) is 11.8. The van der Waals surface area contributed by atoms with Crippen molar-refractivity contribution in [3.63, 3.8) is 0 Å². The summed E-state index contributed by atoms with van der Waals surface area (Å²) in [4.78, 5) is 24.8. The van der Waals surface area contributed by atoms with E-state index in [0.717, 1.165) is 38.5 Å². The Hall–Kier alpha value is -1.67. The number of hydrazine groups is 1. The summed E-state index contributed by atoms with van der Waals surface area (Å²) in [7, 11) is 0. The van der Waals surface area contributed by atoms with E-state index in [1.54, 1.807) is 24.3 Å². The number of benzene rings is 1. The molecule has 8 heteroatoms. The molecule has 0 unspecified atom stereocenters. The normalized spacial score (nSPS) is 42.0. The predicted octanol–water partition coefficient (Wildman–Crippen LogP) is 4.48. The molecule has 1 aromatic carbocycles. The highest BCUT2D eigenvalue weighted by Crippen LogP contribution is 2.68. The van der Waals surface area contributed by atoms with Crippen molar-refractivity contribution in [2.45, 2.75) is 96.9 Å². The molecule has 0 heterocycles.